The molecule has 1 aliphatic rings. The van der Waals surface area contributed by atoms with Gasteiger partial charge in [-0.15, -0.1) is 0 Å². The summed E-state index contributed by atoms with van der Waals surface area (Å²) in [6.07, 6.45) is 4.42. The smallest absolute Gasteiger partial charge is 0.171 e. The maximum Gasteiger partial charge on any atom is 0.171 e. The van der Waals surface area contributed by atoms with E-state index in [1.807, 2.05) is 32.9 Å². The minimum Gasteiger partial charge on any atom is -0.396 e. The lowest BCUT2D eigenvalue weighted by Crippen LogP contribution is -2.27. The Kier molecular flexibility index (Phi) is 4.69. The molecule has 0 amide bonds. The number of aromatic amines is 1. The molecule has 6 nitrogen and oxygen atoms in total. The number of Topliss-reactive ketones (excluding diaryl/α,β-unsaturated/α-hetero) is 1. The molecule has 1 atom stereocenters. The number of anilines is 1. The molecule has 1 aromatic carbocycles. The Labute approximate surface area is 171 Å². The molecule has 3 heterocycles. The largest absolute Gasteiger partial charge is 0.396 e. The van der Waals surface area contributed by atoms with Gasteiger partial charge in [-0.3, -0.25) is 4.79 Å². The molecule has 2 N–H and O–H groups in total. The number of benzene rings is 1. The molecule has 1 aliphatic heterocycles. The van der Waals surface area contributed by atoms with Crippen LogP contribution in [0.25, 0.3) is 22.4 Å². The summed E-state index contributed by atoms with van der Waals surface area (Å²) < 4.78 is 0. The topological polar surface area (TPSA) is 82.1 Å². The van der Waals surface area contributed by atoms with Crippen LogP contribution in [0.15, 0.2) is 36.7 Å². The number of nitrogens with zero attached hydrogens (tertiary/aromatic N) is 3. The van der Waals surface area contributed by atoms with Crippen LogP contribution in [0.4, 0.5) is 5.69 Å². The van der Waals surface area contributed by atoms with Gasteiger partial charge in [0, 0.05) is 41.4 Å². The molecule has 0 aliphatic carbocycles. The van der Waals surface area contributed by atoms with Gasteiger partial charge in [0.2, 0.25) is 0 Å². The van der Waals surface area contributed by atoms with E-state index in [4.69, 9.17) is 4.98 Å². The van der Waals surface area contributed by atoms with Gasteiger partial charge in [0.15, 0.2) is 11.4 Å². The van der Waals surface area contributed by atoms with E-state index in [-0.39, 0.29) is 17.8 Å². The molecule has 1 saturated heterocycles. The molecule has 2 aromatic heterocycles. The maximum absolute atomic E-state index is 12.8. The third-order valence-corrected chi connectivity index (χ3v) is 5.75. The molecule has 6 heteroatoms. The Morgan fingerprint density at radius 2 is 2.14 bits per heavy atom. The van der Waals surface area contributed by atoms with Crippen LogP contribution in [0.3, 0.4) is 0 Å². The average molecular weight is 393 g/mol. The number of aromatic nitrogens is 3. The van der Waals surface area contributed by atoms with Crippen molar-refractivity contribution in [3.8, 4) is 11.3 Å². The molecule has 29 heavy (non-hydrogen) atoms. The van der Waals surface area contributed by atoms with E-state index in [0.29, 0.717) is 16.7 Å². The van der Waals surface area contributed by atoms with Crippen LogP contribution in [-0.4, -0.2) is 45.5 Å². The minimum atomic E-state index is -0.484. The molecule has 152 valence electrons. The van der Waals surface area contributed by atoms with Crippen LogP contribution in [0.2, 0.25) is 0 Å². The number of aliphatic hydroxyl groups is 1. The van der Waals surface area contributed by atoms with E-state index in [2.05, 4.69) is 33.9 Å². The molecule has 1 unspecified atom stereocenters. The number of carbonyl (C=O) groups excluding carboxylic acids is 1. The molecule has 1 fully saturated rings. The first kappa shape index (κ1) is 19.6. The molecular formula is C23H28N4O2. The summed E-state index contributed by atoms with van der Waals surface area (Å²) in [5.74, 6) is 0.0457. The molecule has 0 spiro atoms. The van der Waals surface area contributed by atoms with E-state index in [1.54, 1.807) is 12.4 Å². The fourth-order valence-corrected chi connectivity index (χ4v) is 3.84. The SMILES string of the molecule is CC1(CO)CCN(c2cccc(-c3cnc4[nH]cc(C(=O)C(C)(C)C)c4n3)c2)C1. The third kappa shape index (κ3) is 3.65. The van der Waals surface area contributed by atoms with Crippen LogP contribution >= 0.6 is 0 Å². The number of hydrogen-bond donors (Lipinski definition) is 2. The fourth-order valence-electron chi connectivity index (χ4n) is 3.84. The van der Waals surface area contributed by atoms with Crippen molar-refractivity contribution in [3.05, 3.63) is 42.2 Å². The van der Waals surface area contributed by atoms with E-state index in [0.717, 1.165) is 36.5 Å². The highest BCUT2D eigenvalue weighted by atomic mass is 16.3. The van der Waals surface area contributed by atoms with Crippen LogP contribution in [-0.2, 0) is 0 Å². The number of carbonyl (C=O) groups is 1. The van der Waals surface area contributed by atoms with Gasteiger partial charge in [-0.05, 0) is 18.6 Å². The van der Waals surface area contributed by atoms with E-state index < -0.39 is 5.41 Å². The second-order valence-electron chi connectivity index (χ2n) is 9.42. The van der Waals surface area contributed by atoms with E-state index in [9.17, 15) is 9.90 Å². The third-order valence-electron chi connectivity index (χ3n) is 5.75. The van der Waals surface area contributed by atoms with Crippen molar-refractivity contribution in [2.45, 2.75) is 34.1 Å². The Balaban J connectivity index is 1.70. The van der Waals surface area contributed by atoms with Crippen LogP contribution < -0.4 is 4.90 Å². The first-order chi connectivity index (χ1) is 13.7. The van der Waals surface area contributed by atoms with Crippen LogP contribution in [0, 0.1) is 10.8 Å². The number of ketones is 1. The second-order valence-corrected chi connectivity index (χ2v) is 9.42. The highest BCUT2D eigenvalue weighted by Crippen LogP contribution is 2.34. The average Bonchev–Trinajstić information content (AvgIpc) is 3.30. The van der Waals surface area contributed by atoms with Crippen molar-refractivity contribution in [2.75, 3.05) is 24.6 Å². The number of rotatable bonds is 4. The van der Waals surface area contributed by atoms with Crippen molar-refractivity contribution in [1.82, 2.24) is 15.0 Å². The summed E-state index contributed by atoms with van der Waals surface area (Å²) in [7, 11) is 0. The normalized spacial score (nSPS) is 19.8. The highest BCUT2D eigenvalue weighted by molar-refractivity contribution is 6.08. The van der Waals surface area contributed by atoms with Crippen molar-refractivity contribution < 1.29 is 9.90 Å². The second kappa shape index (κ2) is 6.95. The first-order valence-corrected chi connectivity index (χ1v) is 10.1. The summed E-state index contributed by atoms with van der Waals surface area (Å²) >= 11 is 0. The predicted molar refractivity (Wildman–Crippen MR) is 115 cm³/mol. The Morgan fingerprint density at radius 1 is 1.34 bits per heavy atom. The van der Waals surface area contributed by atoms with E-state index in [1.165, 1.54) is 0 Å². The fraction of sp³-hybridized carbons (Fsp3) is 0.435. The number of nitrogens with one attached hydrogen (secondary N) is 1. The van der Waals surface area contributed by atoms with Gasteiger partial charge in [-0.2, -0.15) is 0 Å². The van der Waals surface area contributed by atoms with Gasteiger partial charge in [0.05, 0.1) is 24.1 Å². The highest BCUT2D eigenvalue weighted by Gasteiger charge is 2.33. The van der Waals surface area contributed by atoms with Crippen molar-refractivity contribution in [2.24, 2.45) is 10.8 Å². The van der Waals surface area contributed by atoms with Gasteiger partial charge in [-0.1, -0.05) is 39.8 Å². The van der Waals surface area contributed by atoms with Crippen molar-refractivity contribution in [1.29, 1.82) is 0 Å². The summed E-state index contributed by atoms with van der Waals surface area (Å²) in [6, 6.07) is 8.22. The minimum absolute atomic E-state index is 0.0457. The number of aliphatic hydroxyl groups excluding tert-OH is 1. The first-order valence-electron chi connectivity index (χ1n) is 10.1. The zero-order chi connectivity index (χ0) is 20.8. The number of hydrogen-bond acceptors (Lipinski definition) is 5. The summed E-state index contributed by atoms with van der Waals surface area (Å²) in [6.45, 7) is 9.80. The molecule has 0 saturated carbocycles. The van der Waals surface area contributed by atoms with Gasteiger partial charge < -0.3 is 15.0 Å². The van der Waals surface area contributed by atoms with Gasteiger partial charge in [0.1, 0.15) is 5.52 Å². The zero-order valence-corrected chi connectivity index (χ0v) is 17.5. The van der Waals surface area contributed by atoms with Gasteiger partial charge in [-0.25, -0.2) is 9.97 Å². The zero-order valence-electron chi connectivity index (χ0n) is 17.5. The molecule has 3 aromatic rings. The quantitative estimate of drug-likeness (QED) is 0.654. The summed E-state index contributed by atoms with van der Waals surface area (Å²) in [5, 5.41) is 9.66. The molecule has 4 rings (SSSR count). The Morgan fingerprint density at radius 3 is 2.83 bits per heavy atom. The van der Waals surface area contributed by atoms with Crippen molar-refractivity contribution in [3.63, 3.8) is 0 Å². The van der Waals surface area contributed by atoms with Gasteiger partial charge >= 0.3 is 0 Å². The molecular weight excluding hydrogens is 364 g/mol. The lowest BCUT2D eigenvalue weighted by atomic mass is 9.87. The maximum atomic E-state index is 12.8. The van der Waals surface area contributed by atoms with Crippen LogP contribution in [0.5, 0.6) is 0 Å². The summed E-state index contributed by atoms with van der Waals surface area (Å²) in [5.41, 5.74) is 4.09. The summed E-state index contributed by atoms with van der Waals surface area (Å²) in [4.78, 5) is 27.4. The van der Waals surface area contributed by atoms with Crippen molar-refractivity contribution >= 4 is 22.6 Å². The lowest BCUT2D eigenvalue weighted by Gasteiger charge is -2.23. The number of H-pyrrole nitrogens is 1. The van der Waals surface area contributed by atoms with E-state index >= 15 is 0 Å². The Hall–Kier alpha value is -2.73. The molecule has 0 radical (unpaired) electrons. The van der Waals surface area contributed by atoms with Gasteiger partial charge in [0.25, 0.3) is 0 Å². The standard InChI is InChI=1S/C23H28N4O2/c1-22(2,3)20(29)17-11-24-21-19(17)26-18(12-25-21)15-6-5-7-16(10-15)27-9-8-23(4,13-27)14-28/h5-7,10-12,28H,8-9,13-14H2,1-4H3,(H,24,25). The number of fused-ring (bicyclic) bond motifs is 1. The lowest BCUT2D eigenvalue weighted by molar-refractivity contribution is 0.0860. The Bertz CT molecular complexity index is 1070. The predicted octanol–water partition coefficient (Wildman–Crippen LogP) is 4.06. The monoisotopic (exact) mass is 392 g/mol. The van der Waals surface area contributed by atoms with Crippen LogP contribution in [0.1, 0.15) is 44.5 Å². The molecule has 0 bridgehead atoms.